The molecule has 0 aromatic heterocycles. The van der Waals surface area contributed by atoms with Crippen molar-refractivity contribution in [1.82, 2.24) is 15.1 Å². The minimum atomic E-state index is -0.819. The van der Waals surface area contributed by atoms with Crippen molar-refractivity contribution in [2.75, 3.05) is 38.5 Å². The first-order valence-electron chi connectivity index (χ1n) is 8.74. The summed E-state index contributed by atoms with van der Waals surface area (Å²) < 4.78 is 0. The van der Waals surface area contributed by atoms with Crippen molar-refractivity contribution < 1.29 is 19.5 Å². The van der Waals surface area contributed by atoms with Crippen molar-refractivity contribution in [3.63, 3.8) is 0 Å². The van der Waals surface area contributed by atoms with Gasteiger partial charge >= 0.3 is 12.0 Å². The van der Waals surface area contributed by atoms with Crippen LogP contribution in [0.4, 0.5) is 10.5 Å². The van der Waals surface area contributed by atoms with Crippen LogP contribution in [0, 0.1) is 0 Å². The van der Waals surface area contributed by atoms with Gasteiger partial charge in [-0.2, -0.15) is 0 Å². The van der Waals surface area contributed by atoms with Gasteiger partial charge in [0.2, 0.25) is 5.91 Å². The molecule has 1 aliphatic heterocycles. The number of anilines is 1. The SMILES string of the molecule is CN(CC(=O)O)C1CCN(CCC(=O)NC(=O)Nc2ccccc2)CC1.Cl. The second-order valence-corrected chi connectivity index (χ2v) is 6.50. The zero-order valence-electron chi connectivity index (χ0n) is 15.4. The number of rotatable bonds is 7. The van der Waals surface area contributed by atoms with E-state index in [9.17, 15) is 14.4 Å². The number of carbonyl (C=O) groups is 3. The summed E-state index contributed by atoms with van der Waals surface area (Å²) in [6, 6.07) is 8.66. The first-order chi connectivity index (χ1) is 12.4. The van der Waals surface area contributed by atoms with Crippen LogP contribution < -0.4 is 10.6 Å². The molecule has 0 atom stereocenters. The maximum absolute atomic E-state index is 11.9. The average Bonchev–Trinajstić information content (AvgIpc) is 2.60. The molecule has 0 aliphatic carbocycles. The van der Waals surface area contributed by atoms with E-state index in [2.05, 4.69) is 15.5 Å². The first kappa shape index (κ1) is 22.9. The van der Waals surface area contributed by atoms with Gasteiger partial charge in [0.1, 0.15) is 0 Å². The smallest absolute Gasteiger partial charge is 0.325 e. The fraction of sp³-hybridized carbons (Fsp3) is 0.500. The van der Waals surface area contributed by atoms with Crippen LogP contribution in [0.2, 0.25) is 0 Å². The molecule has 1 aliphatic rings. The maximum atomic E-state index is 11.9. The molecule has 0 bridgehead atoms. The number of amides is 3. The largest absolute Gasteiger partial charge is 0.480 e. The van der Waals surface area contributed by atoms with Crippen LogP contribution in [0.3, 0.4) is 0 Å². The number of likely N-dealkylation sites (N-methyl/N-ethyl adjacent to an activating group) is 1. The lowest BCUT2D eigenvalue weighted by atomic mass is 10.0. The zero-order valence-corrected chi connectivity index (χ0v) is 16.2. The van der Waals surface area contributed by atoms with Crippen molar-refractivity contribution in [1.29, 1.82) is 0 Å². The second kappa shape index (κ2) is 11.5. The lowest BCUT2D eigenvalue weighted by molar-refractivity contribution is -0.138. The van der Waals surface area contributed by atoms with Crippen LogP contribution in [-0.4, -0.2) is 72.1 Å². The van der Waals surface area contributed by atoms with E-state index in [1.807, 2.05) is 18.0 Å². The summed E-state index contributed by atoms with van der Waals surface area (Å²) in [5.41, 5.74) is 0.630. The molecule has 8 nitrogen and oxygen atoms in total. The highest BCUT2D eigenvalue weighted by Crippen LogP contribution is 2.15. The third kappa shape index (κ3) is 8.38. The molecule has 2 rings (SSSR count). The Labute approximate surface area is 165 Å². The number of carboxylic acids is 1. The minimum absolute atomic E-state index is 0. The van der Waals surface area contributed by atoms with Crippen molar-refractivity contribution in [3.8, 4) is 0 Å². The molecule has 3 N–H and O–H groups in total. The van der Waals surface area contributed by atoms with Gasteiger partial charge in [-0.3, -0.25) is 19.8 Å². The number of hydrogen-bond donors (Lipinski definition) is 3. The van der Waals surface area contributed by atoms with E-state index in [0.29, 0.717) is 12.2 Å². The Kier molecular flexibility index (Phi) is 9.77. The molecule has 0 spiro atoms. The summed E-state index contributed by atoms with van der Waals surface area (Å²) in [6.07, 6.45) is 2.00. The number of carboxylic acid groups (broad SMARTS) is 1. The maximum Gasteiger partial charge on any atom is 0.325 e. The number of hydrogen-bond acceptors (Lipinski definition) is 5. The van der Waals surface area contributed by atoms with Gasteiger partial charge in [-0.05, 0) is 45.1 Å². The molecule has 0 saturated carbocycles. The third-order valence-electron chi connectivity index (χ3n) is 4.50. The monoisotopic (exact) mass is 398 g/mol. The van der Waals surface area contributed by atoms with Gasteiger partial charge in [-0.1, -0.05) is 18.2 Å². The number of urea groups is 1. The lowest BCUT2D eigenvalue weighted by Crippen LogP contribution is -2.45. The van der Waals surface area contributed by atoms with E-state index < -0.39 is 12.0 Å². The molecule has 9 heteroatoms. The fourth-order valence-electron chi connectivity index (χ4n) is 3.06. The standard InChI is InChI=1S/C18H26N4O4.ClH/c1-21(13-17(24)25)15-7-10-22(11-8-15)12-9-16(23)20-18(26)19-14-5-3-2-4-6-14;/h2-6,15H,7-13H2,1H3,(H,24,25)(H2,19,20,23,26);1H. The van der Waals surface area contributed by atoms with Gasteiger partial charge in [-0.25, -0.2) is 4.79 Å². The number of benzene rings is 1. The molecule has 1 fully saturated rings. The molecule has 1 saturated heterocycles. The Balaban J connectivity index is 0.00000364. The van der Waals surface area contributed by atoms with Crippen LogP contribution >= 0.6 is 12.4 Å². The summed E-state index contributed by atoms with van der Waals surface area (Å²) >= 11 is 0. The summed E-state index contributed by atoms with van der Waals surface area (Å²) in [4.78, 5) is 38.5. The summed E-state index contributed by atoms with van der Waals surface area (Å²) in [5.74, 6) is -1.14. The Morgan fingerprint density at radius 1 is 1.19 bits per heavy atom. The molecule has 1 aromatic carbocycles. The number of aliphatic carboxylic acids is 1. The minimum Gasteiger partial charge on any atom is -0.480 e. The molecule has 1 aromatic rings. The number of carbonyl (C=O) groups excluding carboxylic acids is 2. The normalized spacial score (nSPS) is 15.0. The van der Waals surface area contributed by atoms with Crippen molar-refractivity contribution in [2.45, 2.75) is 25.3 Å². The predicted molar refractivity (Wildman–Crippen MR) is 105 cm³/mol. The lowest BCUT2D eigenvalue weighted by Gasteiger charge is -2.36. The van der Waals surface area contributed by atoms with Gasteiger partial charge in [0.05, 0.1) is 6.54 Å². The van der Waals surface area contributed by atoms with E-state index >= 15 is 0 Å². The summed E-state index contributed by atoms with van der Waals surface area (Å²) in [6.45, 7) is 2.26. The number of halogens is 1. The third-order valence-corrected chi connectivity index (χ3v) is 4.50. The van der Waals surface area contributed by atoms with Gasteiger partial charge in [0, 0.05) is 24.7 Å². The van der Waals surface area contributed by atoms with E-state index in [1.54, 1.807) is 24.3 Å². The highest BCUT2D eigenvalue weighted by atomic mass is 35.5. The number of likely N-dealkylation sites (tertiary alicyclic amines) is 1. The van der Waals surface area contributed by atoms with Gasteiger partial charge in [-0.15, -0.1) is 12.4 Å². The van der Waals surface area contributed by atoms with Crippen LogP contribution in [0.5, 0.6) is 0 Å². The molecule has 0 radical (unpaired) electrons. The Morgan fingerprint density at radius 3 is 2.41 bits per heavy atom. The highest BCUT2D eigenvalue weighted by molar-refractivity contribution is 6.01. The van der Waals surface area contributed by atoms with E-state index in [0.717, 1.165) is 25.9 Å². The quantitative estimate of drug-likeness (QED) is 0.645. The predicted octanol–water partition coefficient (Wildman–Crippen LogP) is 1.63. The number of nitrogens with one attached hydrogen (secondary N) is 2. The highest BCUT2D eigenvalue weighted by Gasteiger charge is 2.23. The number of imide groups is 1. The Bertz CT molecular complexity index is 621. The number of nitrogens with zero attached hydrogens (tertiary/aromatic N) is 2. The van der Waals surface area contributed by atoms with Gasteiger partial charge in [0.15, 0.2) is 0 Å². The Hall–Kier alpha value is -2.16. The van der Waals surface area contributed by atoms with Crippen molar-refractivity contribution in [2.24, 2.45) is 0 Å². The zero-order chi connectivity index (χ0) is 18.9. The van der Waals surface area contributed by atoms with Gasteiger partial charge < -0.3 is 15.3 Å². The van der Waals surface area contributed by atoms with Crippen LogP contribution in [0.1, 0.15) is 19.3 Å². The number of piperidine rings is 1. The van der Waals surface area contributed by atoms with Crippen molar-refractivity contribution >= 4 is 36.0 Å². The molecular weight excluding hydrogens is 372 g/mol. The summed E-state index contributed by atoms with van der Waals surface area (Å²) in [5, 5.41) is 13.8. The molecule has 1 heterocycles. The van der Waals surface area contributed by atoms with E-state index in [1.165, 1.54) is 0 Å². The molecule has 150 valence electrons. The van der Waals surface area contributed by atoms with E-state index in [-0.39, 0.29) is 37.3 Å². The molecule has 27 heavy (non-hydrogen) atoms. The van der Waals surface area contributed by atoms with E-state index in [4.69, 9.17) is 5.11 Å². The molecule has 0 unspecified atom stereocenters. The van der Waals surface area contributed by atoms with Gasteiger partial charge in [0.25, 0.3) is 0 Å². The Morgan fingerprint density at radius 2 is 1.81 bits per heavy atom. The van der Waals surface area contributed by atoms with Crippen molar-refractivity contribution in [3.05, 3.63) is 30.3 Å². The molecule has 3 amide bonds. The topological polar surface area (TPSA) is 102 Å². The van der Waals surface area contributed by atoms with Crippen LogP contribution in [0.25, 0.3) is 0 Å². The first-order valence-corrected chi connectivity index (χ1v) is 8.74. The summed E-state index contributed by atoms with van der Waals surface area (Å²) in [7, 11) is 1.83. The van der Waals surface area contributed by atoms with Crippen LogP contribution in [-0.2, 0) is 9.59 Å². The number of para-hydroxylation sites is 1. The van der Waals surface area contributed by atoms with Crippen LogP contribution in [0.15, 0.2) is 30.3 Å². The average molecular weight is 399 g/mol. The second-order valence-electron chi connectivity index (χ2n) is 6.50. The molecular formula is C18H27ClN4O4. The fourth-order valence-corrected chi connectivity index (χ4v) is 3.06.